The molecule has 1 nitrogen and oxygen atoms in total. The molecule has 2 aromatic carbocycles. The van der Waals surface area contributed by atoms with Crippen molar-refractivity contribution in [2.45, 2.75) is 60.3 Å². The van der Waals surface area contributed by atoms with Crippen molar-refractivity contribution in [2.24, 2.45) is 4.99 Å². The Bertz CT molecular complexity index is 998. The number of allylic oxidation sites excluding steroid dienone is 6. The molecule has 0 spiro atoms. The van der Waals surface area contributed by atoms with Gasteiger partial charge >= 0.3 is 0 Å². The van der Waals surface area contributed by atoms with Gasteiger partial charge in [0.2, 0.25) is 0 Å². The summed E-state index contributed by atoms with van der Waals surface area (Å²) in [6.45, 7) is 23.0. The lowest BCUT2D eigenvalue weighted by Gasteiger charge is -2.29. The molecule has 1 aliphatic carbocycles. The van der Waals surface area contributed by atoms with E-state index in [4.69, 9.17) is 0 Å². The zero-order valence-electron chi connectivity index (χ0n) is 21.4. The molecule has 3 rings (SSSR count). The first-order valence-corrected chi connectivity index (χ1v) is 11.5. The fraction of sp³-hybridized carbons (Fsp3) is 0.323. The lowest BCUT2D eigenvalue weighted by molar-refractivity contribution is 0.634. The first-order valence-electron chi connectivity index (χ1n) is 11.5. The van der Waals surface area contributed by atoms with Crippen LogP contribution in [0.3, 0.4) is 0 Å². The molecule has 0 saturated heterocycles. The van der Waals surface area contributed by atoms with E-state index >= 15 is 0 Å². The van der Waals surface area contributed by atoms with Crippen molar-refractivity contribution in [1.29, 1.82) is 0 Å². The van der Waals surface area contributed by atoms with E-state index in [1.807, 2.05) is 38.2 Å². The fourth-order valence-corrected chi connectivity index (χ4v) is 3.77. The highest BCUT2D eigenvalue weighted by molar-refractivity contribution is 6.10. The molecule has 32 heavy (non-hydrogen) atoms. The largest absolute Gasteiger partial charge is 0.288 e. The van der Waals surface area contributed by atoms with E-state index in [-0.39, 0.29) is 5.41 Å². The molecular formula is C31H41N. The number of nitrogens with zero attached hydrogens (tertiary/aromatic N) is 1. The maximum absolute atomic E-state index is 4.05. The minimum absolute atomic E-state index is 0.0151. The number of hydrogen-bond donors (Lipinski definition) is 0. The predicted octanol–water partition coefficient (Wildman–Crippen LogP) is 8.51. The van der Waals surface area contributed by atoms with Crippen LogP contribution in [0.25, 0.3) is 0 Å². The molecule has 0 N–H and O–H groups in total. The molecule has 0 fully saturated rings. The highest BCUT2D eigenvalue weighted by Gasteiger charge is 2.25. The molecule has 0 atom stereocenters. The van der Waals surface area contributed by atoms with E-state index in [0.717, 1.165) is 17.7 Å². The quantitative estimate of drug-likeness (QED) is 0.434. The summed E-state index contributed by atoms with van der Waals surface area (Å²) in [6.07, 6.45) is 8.76. The summed E-state index contributed by atoms with van der Waals surface area (Å²) in [5, 5.41) is 0. The monoisotopic (exact) mass is 427 g/mol. The zero-order valence-corrected chi connectivity index (χ0v) is 21.4. The smallest absolute Gasteiger partial charge is 0.0637 e. The third-order valence-corrected chi connectivity index (χ3v) is 5.63. The van der Waals surface area contributed by atoms with Gasteiger partial charge in [0.15, 0.2) is 0 Å². The minimum atomic E-state index is 0.0151. The van der Waals surface area contributed by atoms with Crippen molar-refractivity contribution in [3.8, 4) is 0 Å². The van der Waals surface area contributed by atoms with Crippen LogP contribution in [-0.4, -0.2) is 12.8 Å². The maximum atomic E-state index is 4.05. The molecule has 2 aromatic rings. The van der Waals surface area contributed by atoms with Gasteiger partial charge in [-0.1, -0.05) is 107 Å². The zero-order chi connectivity index (χ0) is 24.3. The summed E-state index contributed by atoms with van der Waals surface area (Å²) in [5.74, 6) is 0. The molecule has 1 heteroatoms. The summed E-state index contributed by atoms with van der Waals surface area (Å²) in [7, 11) is 1.77. The van der Waals surface area contributed by atoms with Crippen LogP contribution in [-0.2, 0) is 11.8 Å². The summed E-state index contributed by atoms with van der Waals surface area (Å²) in [4.78, 5) is 4.01. The van der Waals surface area contributed by atoms with Crippen molar-refractivity contribution in [3.63, 3.8) is 0 Å². The van der Waals surface area contributed by atoms with Crippen molar-refractivity contribution in [1.82, 2.24) is 0 Å². The van der Waals surface area contributed by atoms with Gasteiger partial charge in [0, 0.05) is 12.5 Å². The number of aliphatic imine (C=N–C) groups is 1. The average Bonchev–Trinajstić information content (AvgIpc) is 2.78. The van der Waals surface area contributed by atoms with Crippen molar-refractivity contribution >= 4 is 5.71 Å². The molecule has 0 unspecified atom stereocenters. The SMILES string of the molecule is C=C(C)Cc1cc(C)c(C)c(C(C)(C)c2ccccc2)c1.C=C1C=CC=CC1=NC.CC. The maximum Gasteiger partial charge on any atom is 0.0637 e. The molecule has 1 aliphatic rings. The Morgan fingerprint density at radius 2 is 1.56 bits per heavy atom. The second-order valence-corrected chi connectivity index (χ2v) is 8.56. The van der Waals surface area contributed by atoms with Gasteiger partial charge in [-0.25, -0.2) is 0 Å². The Kier molecular flexibility index (Phi) is 10.9. The molecule has 170 valence electrons. The van der Waals surface area contributed by atoms with Gasteiger partial charge < -0.3 is 0 Å². The van der Waals surface area contributed by atoms with Crippen LogP contribution in [0.15, 0.2) is 96.1 Å². The van der Waals surface area contributed by atoms with E-state index in [1.165, 1.54) is 33.4 Å². The van der Waals surface area contributed by atoms with Crippen LogP contribution in [0.2, 0.25) is 0 Å². The van der Waals surface area contributed by atoms with Gasteiger partial charge in [0.1, 0.15) is 0 Å². The van der Waals surface area contributed by atoms with Crippen LogP contribution in [0.1, 0.15) is 62.4 Å². The Labute approximate surface area is 197 Å². The van der Waals surface area contributed by atoms with Gasteiger partial charge in [-0.2, -0.15) is 0 Å². The van der Waals surface area contributed by atoms with Crippen molar-refractivity contribution in [3.05, 3.63) is 119 Å². The number of hydrogen-bond acceptors (Lipinski definition) is 1. The number of rotatable bonds is 4. The van der Waals surface area contributed by atoms with Crippen LogP contribution in [0.5, 0.6) is 0 Å². The van der Waals surface area contributed by atoms with Crippen molar-refractivity contribution in [2.75, 3.05) is 7.05 Å². The van der Waals surface area contributed by atoms with Crippen LogP contribution < -0.4 is 0 Å². The molecule has 0 aliphatic heterocycles. The molecule has 0 saturated carbocycles. The van der Waals surface area contributed by atoms with Crippen LogP contribution >= 0.6 is 0 Å². The summed E-state index contributed by atoms with van der Waals surface area (Å²) < 4.78 is 0. The van der Waals surface area contributed by atoms with Gasteiger partial charge in [0.25, 0.3) is 0 Å². The van der Waals surface area contributed by atoms with Gasteiger partial charge in [-0.15, -0.1) is 0 Å². The second kappa shape index (κ2) is 12.8. The Balaban J connectivity index is 0.000000388. The van der Waals surface area contributed by atoms with Gasteiger partial charge in [-0.3, -0.25) is 4.99 Å². The second-order valence-electron chi connectivity index (χ2n) is 8.56. The normalized spacial score (nSPS) is 13.8. The fourth-order valence-electron chi connectivity index (χ4n) is 3.77. The van der Waals surface area contributed by atoms with E-state index in [9.17, 15) is 0 Å². The minimum Gasteiger partial charge on any atom is -0.288 e. The van der Waals surface area contributed by atoms with E-state index < -0.39 is 0 Å². The van der Waals surface area contributed by atoms with Gasteiger partial charge in [-0.05, 0) is 66.7 Å². The van der Waals surface area contributed by atoms with E-state index in [0.29, 0.717) is 0 Å². The molecule has 0 amide bonds. The first kappa shape index (κ1) is 27.1. The third-order valence-electron chi connectivity index (χ3n) is 5.63. The molecule has 0 aromatic heterocycles. The summed E-state index contributed by atoms with van der Waals surface area (Å²) >= 11 is 0. The number of benzene rings is 2. The van der Waals surface area contributed by atoms with E-state index in [2.05, 4.69) is 95.2 Å². The third kappa shape index (κ3) is 7.34. The van der Waals surface area contributed by atoms with Crippen molar-refractivity contribution < 1.29 is 0 Å². The Hall–Kier alpha value is -2.93. The first-order chi connectivity index (χ1) is 15.2. The Morgan fingerprint density at radius 1 is 0.969 bits per heavy atom. The average molecular weight is 428 g/mol. The number of aryl methyl sites for hydroxylation is 1. The molecule has 0 radical (unpaired) electrons. The lowest BCUT2D eigenvalue weighted by Crippen LogP contribution is -2.21. The van der Waals surface area contributed by atoms with E-state index in [1.54, 1.807) is 7.05 Å². The lowest BCUT2D eigenvalue weighted by atomic mass is 9.74. The highest BCUT2D eigenvalue weighted by atomic mass is 14.7. The highest BCUT2D eigenvalue weighted by Crippen LogP contribution is 2.35. The van der Waals surface area contributed by atoms with Crippen LogP contribution in [0, 0.1) is 13.8 Å². The summed E-state index contributed by atoms with van der Waals surface area (Å²) in [6, 6.07) is 15.4. The standard InChI is InChI=1S/C21H26.C8H9N.C2H6/c1-15(2)12-18-13-16(3)17(4)20(14-18)21(5,6)19-10-8-7-9-11-19;1-7-5-3-4-6-8(7)9-2;1-2/h7-11,13-14H,1,12H2,2-6H3;3-6H,1H2,2H3;1-2H3. The topological polar surface area (TPSA) is 12.4 Å². The van der Waals surface area contributed by atoms with Crippen LogP contribution in [0.4, 0.5) is 0 Å². The summed E-state index contributed by atoms with van der Waals surface area (Å²) in [5.41, 5.74) is 10.1. The molecule has 0 bridgehead atoms. The van der Waals surface area contributed by atoms with Gasteiger partial charge in [0.05, 0.1) is 5.71 Å². The predicted molar refractivity (Wildman–Crippen MR) is 145 cm³/mol. The molecule has 0 heterocycles. The Morgan fingerprint density at radius 3 is 2.06 bits per heavy atom. The molecular weight excluding hydrogens is 386 g/mol.